The first-order valence-corrected chi connectivity index (χ1v) is 7.69. The van der Waals surface area contributed by atoms with Crippen molar-refractivity contribution in [1.29, 1.82) is 0 Å². The smallest absolute Gasteiger partial charge is 0.330 e. The molecular weight excluding hydrogens is 328 g/mol. The highest BCUT2D eigenvalue weighted by atomic mass is 35.5. The van der Waals surface area contributed by atoms with Gasteiger partial charge in [0.15, 0.2) is 6.04 Å². The molecule has 0 spiro atoms. The van der Waals surface area contributed by atoms with E-state index in [-0.39, 0.29) is 0 Å². The van der Waals surface area contributed by atoms with E-state index in [1.807, 2.05) is 6.07 Å². The number of carbonyl (C=O) groups is 2. The van der Waals surface area contributed by atoms with E-state index in [1.165, 1.54) is 0 Å². The van der Waals surface area contributed by atoms with Crippen LogP contribution in [0, 0.1) is 0 Å². The van der Waals surface area contributed by atoms with Crippen LogP contribution >= 0.6 is 11.6 Å². The van der Waals surface area contributed by atoms with Crippen molar-refractivity contribution in [3.63, 3.8) is 0 Å². The van der Waals surface area contributed by atoms with E-state index < -0.39 is 17.9 Å². The molecule has 2 aromatic carbocycles. The lowest BCUT2D eigenvalue weighted by molar-refractivity contribution is -0.139. The molecule has 3 rings (SSSR count). The Hall–Kier alpha value is -2.79. The molecule has 0 unspecified atom stereocenters. The highest BCUT2D eigenvalue weighted by Gasteiger charge is 2.24. The van der Waals surface area contributed by atoms with Crippen molar-refractivity contribution in [2.45, 2.75) is 6.04 Å². The van der Waals surface area contributed by atoms with Gasteiger partial charge in [-0.25, -0.2) is 4.79 Å². The van der Waals surface area contributed by atoms with Crippen molar-refractivity contribution in [3.05, 3.63) is 70.9 Å². The number of amides is 1. The Labute approximate surface area is 143 Å². The number of hydrogen-bond acceptors (Lipinski definition) is 2. The van der Waals surface area contributed by atoms with Crippen molar-refractivity contribution >= 4 is 34.4 Å². The maximum atomic E-state index is 12.6. The minimum absolute atomic E-state index is 0.370. The van der Waals surface area contributed by atoms with Crippen LogP contribution in [-0.4, -0.2) is 21.6 Å². The molecule has 1 amide bonds. The van der Waals surface area contributed by atoms with Crippen LogP contribution in [0.2, 0.25) is 5.02 Å². The van der Waals surface area contributed by atoms with Gasteiger partial charge in [-0.1, -0.05) is 41.9 Å². The number of aliphatic carboxylic acids is 1. The van der Waals surface area contributed by atoms with Crippen LogP contribution in [-0.2, 0) is 11.8 Å². The molecule has 0 aliphatic heterocycles. The van der Waals surface area contributed by atoms with E-state index in [0.29, 0.717) is 16.3 Å². The lowest BCUT2D eigenvalue weighted by Gasteiger charge is -2.15. The second-order valence-corrected chi connectivity index (χ2v) is 5.88. The molecule has 0 saturated carbocycles. The molecule has 0 fully saturated rings. The van der Waals surface area contributed by atoms with Gasteiger partial charge in [0.25, 0.3) is 5.91 Å². The number of aromatic nitrogens is 1. The highest BCUT2D eigenvalue weighted by Crippen LogP contribution is 2.23. The van der Waals surface area contributed by atoms with E-state index in [4.69, 9.17) is 11.6 Å². The molecule has 0 aliphatic rings. The molecule has 5 nitrogen and oxygen atoms in total. The second kappa shape index (κ2) is 6.37. The fourth-order valence-corrected chi connectivity index (χ4v) is 2.86. The summed E-state index contributed by atoms with van der Waals surface area (Å²) >= 11 is 5.98. The Balaban J connectivity index is 1.94. The summed E-state index contributed by atoms with van der Waals surface area (Å²) in [6.45, 7) is 0. The average molecular weight is 343 g/mol. The molecule has 1 heterocycles. The van der Waals surface area contributed by atoms with Crippen molar-refractivity contribution in [2.75, 3.05) is 0 Å². The normalized spacial score (nSPS) is 12.1. The largest absolute Gasteiger partial charge is 0.479 e. The zero-order chi connectivity index (χ0) is 17.3. The third kappa shape index (κ3) is 2.98. The molecule has 0 saturated heterocycles. The lowest BCUT2D eigenvalue weighted by atomic mass is 10.1. The van der Waals surface area contributed by atoms with Crippen LogP contribution in [0.1, 0.15) is 22.1 Å². The molecule has 24 heavy (non-hydrogen) atoms. The third-order valence-corrected chi connectivity index (χ3v) is 4.13. The van der Waals surface area contributed by atoms with E-state index in [1.54, 1.807) is 60.1 Å². The van der Waals surface area contributed by atoms with Gasteiger partial charge in [0.2, 0.25) is 0 Å². The maximum Gasteiger partial charge on any atom is 0.330 e. The number of carbonyl (C=O) groups excluding carboxylic acids is 1. The van der Waals surface area contributed by atoms with Gasteiger partial charge in [0.1, 0.15) is 5.69 Å². The second-order valence-electron chi connectivity index (χ2n) is 5.45. The lowest BCUT2D eigenvalue weighted by Crippen LogP contribution is -2.34. The molecule has 2 N–H and O–H groups in total. The van der Waals surface area contributed by atoms with Crippen LogP contribution in [0.15, 0.2) is 54.6 Å². The number of carboxylic acids is 1. The van der Waals surface area contributed by atoms with Crippen molar-refractivity contribution in [2.24, 2.45) is 7.05 Å². The topological polar surface area (TPSA) is 71.3 Å². The number of nitrogens with one attached hydrogen (secondary N) is 1. The summed E-state index contributed by atoms with van der Waals surface area (Å²) in [5.41, 5.74) is 1.73. The molecule has 122 valence electrons. The Morgan fingerprint density at radius 1 is 1.12 bits per heavy atom. The fraction of sp³-hybridized carbons (Fsp3) is 0.111. The van der Waals surface area contributed by atoms with Gasteiger partial charge in [0, 0.05) is 23.0 Å². The molecular formula is C18H15ClN2O3. The Morgan fingerprint density at radius 2 is 1.83 bits per heavy atom. The minimum Gasteiger partial charge on any atom is -0.479 e. The van der Waals surface area contributed by atoms with Crippen molar-refractivity contribution in [1.82, 2.24) is 9.88 Å². The highest BCUT2D eigenvalue weighted by molar-refractivity contribution is 6.31. The van der Waals surface area contributed by atoms with Crippen LogP contribution in [0.25, 0.3) is 10.9 Å². The van der Waals surface area contributed by atoms with Gasteiger partial charge in [-0.05, 0) is 29.8 Å². The number of nitrogens with zero attached hydrogens (tertiary/aromatic N) is 1. The van der Waals surface area contributed by atoms with Gasteiger partial charge in [-0.2, -0.15) is 0 Å². The summed E-state index contributed by atoms with van der Waals surface area (Å²) in [5, 5.41) is 13.4. The number of benzene rings is 2. The summed E-state index contributed by atoms with van der Waals surface area (Å²) in [4.78, 5) is 24.1. The predicted molar refractivity (Wildman–Crippen MR) is 92.2 cm³/mol. The molecule has 1 atom stereocenters. The maximum absolute atomic E-state index is 12.6. The molecule has 0 bridgehead atoms. The van der Waals surface area contributed by atoms with E-state index in [2.05, 4.69) is 5.32 Å². The van der Waals surface area contributed by atoms with Gasteiger partial charge < -0.3 is 15.0 Å². The number of fused-ring (bicyclic) bond motifs is 1. The quantitative estimate of drug-likeness (QED) is 0.763. The number of aryl methyl sites for hydroxylation is 1. The molecule has 0 aliphatic carbocycles. The zero-order valence-corrected chi connectivity index (χ0v) is 13.6. The third-order valence-electron chi connectivity index (χ3n) is 3.89. The number of rotatable bonds is 4. The summed E-state index contributed by atoms with van der Waals surface area (Å²) in [5.74, 6) is -1.57. The zero-order valence-electron chi connectivity index (χ0n) is 12.9. The average Bonchev–Trinajstić information content (AvgIpc) is 2.89. The summed E-state index contributed by atoms with van der Waals surface area (Å²) in [6.07, 6.45) is 0. The van der Waals surface area contributed by atoms with Gasteiger partial charge in [-0.3, -0.25) is 4.79 Å². The van der Waals surface area contributed by atoms with E-state index in [9.17, 15) is 14.7 Å². The van der Waals surface area contributed by atoms with Gasteiger partial charge >= 0.3 is 5.97 Å². The number of halogens is 1. The first kappa shape index (κ1) is 16.1. The van der Waals surface area contributed by atoms with E-state index in [0.717, 1.165) is 10.9 Å². The van der Waals surface area contributed by atoms with E-state index >= 15 is 0 Å². The Bertz CT molecular complexity index is 919. The predicted octanol–water partition coefficient (Wildman–Crippen LogP) is 3.39. The summed E-state index contributed by atoms with van der Waals surface area (Å²) in [6, 6.07) is 14.5. The monoisotopic (exact) mass is 342 g/mol. The molecule has 3 aromatic rings. The molecule has 0 radical (unpaired) electrons. The SMILES string of the molecule is Cn1c(C(=O)N[C@@H](C(=O)O)c2ccccc2)cc2cc(Cl)ccc21. The molecule has 1 aromatic heterocycles. The fourth-order valence-electron chi connectivity index (χ4n) is 2.68. The Morgan fingerprint density at radius 3 is 2.50 bits per heavy atom. The number of hydrogen-bond donors (Lipinski definition) is 2. The standard InChI is InChI=1S/C18H15ClN2O3/c1-21-14-8-7-13(19)9-12(14)10-15(21)17(22)20-16(18(23)24)11-5-3-2-4-6-11/h2-10,16H,1H3,(H,20,22)(H,23,24)/t16-/m1/s1. The first-order valence-electron chi connectivity index (χ1n) is 7.31. The summed E-state index contributed by atoms with van der Waals surface area (Å²) in [7, 11) is 1.75. The van der Waals surface area contributed by atoms with Crippen LogP contribution in [0.4, 0.5) is 0 Å². The first-order chi connectivity index (χ1) is 11.5. The van der Waals surface area contributed by atoms with Gasteiger partial charge in [-0.15, -0.1) is 0 Å². The van der Waals surface area contributed by atoms with Crippen LogP contribution in [0.3, 0.4) is 0 Å². The van der Waals surface area contributed by atoms with Crippen LogP contribution in [0.5, 0.6) is 0 Å². The summed E-state index contributed by atoms with van der Waals surface area (Å²) < 4.78 is 1.71. The van der Waals surface area contributed by atoms with Crippen molar-refractivity contribution in [3.8, 4) is 0 Å². The Kier molecular flexibility index (Phi) is 4.27. The van der Waals surface area contributed by atoms with Crippen LogP contribution < -0.4 is 5.32 Å². The minimum atomic E-state index is -1.11. The number of carboxylic acid groups (broad SMARTS) is 1. The van der Waals surface area contributed by atoms with Crippen molar-refractivity contribution < 1.29 is 14.7 Å². The van der Waals surface area contributed by atoms with Gasteiger partial charge in [0.05, 0.1) is 0 Å². The molecule has 6 heteroatoms.